The highest BCUT2D eigenvalue weighted by atomic mass is 16.5. The molecule has 1 N–H and O–H groups in total. The molecule has 0 aromatic heterocycles. The summed E-state index contributed by atoms with van der Waals surface area (Å²) >= 11 is 0. The average molecular weight is 261 g/mol. The summed E-state index contributed by atoms with van der Waals surface area (Å²) in [5, 5.41) is 3.45. The van der Waals surface area contributed by atoms with Gasteiger partial charge in [-0.1, -0.05) is 43.2 Å². The quantitative estimate of drug-likeness (QED) is 0.847. The van der Waals surface area contributed by atoms with Gasteiger partial charge in [0.1, 0.15) is 5.54 Å². The summed E-state index contributed by atoms with van der Waals surface area (Å²) in [5.41, 5.74) is 0.651. The van der Waals surface area contributed by atoms with Gasteiger partial charge in [0.05, 0.1) is 6.61 Å². The zero-order valence-electron chi connectivity index (χ0n) is 11.7. The minimum absolute atomic E-state index is 0.0965. The van der Waals surface area contributed by atoms with E-state index in [-0.39, 0.29) is 5.97 Å². The molecule has 3 heteroatoms. The molecule has 2 rings (SSSR count). The molecule has 1 aromatic rings. The molecule has 1 heterocycles. The number of hydrogen-bond donors (Lipinski definition) is 1. The molecule has 0 spiro atoms. The first-order valence-corrected chi connectivity index (χ1v) is 7.23. The van der Waals surface area contributed by atoms with Gasteiger partial charge in [-0.3, -0.25) is 4.79 Å². The highest BCUT2D eigenvalue weighted by Crippen LogP contribution is 2.25. The number of nitrogens with one attached hydrogen (secondary N) is 1. The predicted molar refractivity (Wildman–Crippen MR) is 76.0 cm³/mol. The van der Waals surface area contributed by atoms with Crippen LogP contribution in [0.5, 0.6) is 0 Å². The highest BCUT2D eigenvalue weighted by Gasteiger charge is 2.39. The van der Waals surface area contributed by atoms with E-state index in [1.165, 1.54) is 12.0 Å². The smallest absolute Gasteiger partial charge is 0.326 e. The second-order valence-corrected chi connectivity index (χ2v) is 5.20. The monoisotopic (exact) mass is 261 g/mol. The van der Waals surface area contributed by atoms with Gasteiger partial charge >= 0.3 is 5.97 Å². The summed E-state index contributed by atoms with van der Waals surface area (Å²) in [4.78, 5) is 12.4. The normalized spacial score (nSPS) is 23.6. The molecular weight excluding hydrogens is 238 g/mol. The fraction of sp³-hybridized carbons (Fsp3) is 0.562. The van der Waals surface area contributed by atoms with E-state index < -0.39 is 5.54 Å². The Morgan fingerprint density at radius 3 is 2.79 bits per heavy atom. The first-order chi connectivity index (χ1) is 9.27. The number of esters is 1. The molecule has 3 nitrogen and oxygen atoms in total. The average Bonchev–Trinajstić information content (AvgIpc) is 2.67. The van der Waals surface area contributed by atoms with E-state index in [1.54, 1.807) is 0 Å². The number of benzene rings is 1. The lowest BCUT2D eigenvalue weighted by Gasteiger charge is -2.31. The van der Waals surface area contributed by atoms with Crippen LogP contribution in [0.2, 0.25) is 0 Å². The van der Waals surface area contributed by atoms with Crippen molar-refractivity contribution in [2.75, 3.05) is 13.2 Å². The van der Waals surface area contributed by atoms with E-state index in [4.69, 9.17) is 4.74 Å². The second kappa shape index (κ2) is 6.71. The van der Waals surface area contributed by atoms with Gasteiger partial charge in [-0.2, -0.15) is 0 Å². The van der Waals surface area contributed by atoms with E-state index in [9.17, 15) is 4.79 Å². The van der Waals surface area contributed by atoms with Crippen LogP contribution in [0.4, 0.5) is 0 Å². The summed E-state index contributed by atoms with van der Waals surface area (Å²) < 4.78 is 5.31. The third kappa shape index (κ3) is 3.57. The molecule has 0 radical (unpaired) electrons. The van der Waals surface area contributed by atoms with Crippen LogP contribution in [-0.4, -0.2) is 24.7 Å². The van der Waals surface area contributed by atoms with Gasteiger partial charge in [-0.15, -0.1) is 0 Å². The highest BCUT2D eigenvalue weighted by molar-refractivity contribution is 5.81. The van der Waals surface area contributed by atoms with Crippen LogP contribution in [-0.2, 0) is 16.0 Å². The number of carbonyl (C=O) groups is 1. The van der Waals surface area contributed by atoms with Gasteiger partial charge in [-0.25, -0.2) is 0 Å². The van der Waals surface area contributed by atoms with Crippen molar-refractivity contribution >= 4 is 5.97 Å². The molecule has 1 aliphatic rings. The van der Waals surface area contributed by atoms with Crippen molar-refractivity contribution in [3.63, 3.8) is 0 Å². The Balaban J connectivity index is 2.20. The van der Waals surface area contributed by atoms with E-state index in [0.29, 0.717) is 13.0 Å². The van der Waals surface area contributed by atoms with Gasteiger partial charge in [0, 0.05) is 6.42 Å². The van der Waals surface area contributed by atoms with Gasteiger partial charge in [0.15, 0.2) is 0 Å². The van der Waals surface area contributed by atoms with Crippen LogP contribution < -0.4 is 5.32 Å². The van der Waals surface area contributed by atoms with Crippen LogP contribution >= 0.6 is 0 Å². The standard InChI is InChI=1S/C16H23NO2/c1-2-19-15(18)16(11-7-4-8-12-17-16)13-14-9-5-3-6-10-14/h3,5-6,9-10,17H,2,4,7-8,11-13H2,1H3. The summed E-state index contributed by atoms with van der Waals surface area (Å²) in [6, 6.07) is 10.2. The van der Waals surface area contributed by atoms with Crippen LogP contribution in [0.15, 0.2) is 30.3 Å². The summed E-state index contributed by atoms with van der Waals surface area (Å²) in [6.07, 6.45) is 4.98. The first-order valence-electron chi connectivity index (χ1n) is 7.23. The summed E-state index contributed by atoms with van der Waals surface area (Å²) in [5.74, 6) is -0.0965. The Hall–Kier alpha value is -1.35. The lowest BCUT2D eigenvalue weighted by Crippen LogP contribution is -2.54. The maximum absolute atomic E-state index is 12.4. The van der Waals surface area contributed by atoms with Crippen molar-refractivity contribution in [3.8, 4) is 0 Å². The van der Waals surface area contributed by atoms with Crippen LogP contribution in [0.25, 0.3) is 0 Å². The first kappa shape index (κ1) is 14.1. The zero-order chi connectivity index (χ0) is 13.6. The molecule has 0 saturated carbocycles. The van der Waals surface area contributed by atoms with Crippen LogP contribution in [0, 0.1) is 0 Å². The van der Waals surface area contributed by atoms with Gasteiger partial charge in [0.25, 0.3) is 0 Å². The Bertz CT molecular complexity index is 394. The Kier molecular flexibility index (Phi) is 4.97. The molecule has 1 aliphatic heterocycles. The fourth-order valence-electron chi connectivity index (χ4n) is 2.76. The van der Waals surface area contributed by atoms with Gasteiger partial charge < -0.3 is 10.1 Å². The van der Waals surface area contributed by atoms with Gasteiger partial charge in [-0.05, 0) is 31.9 Å². The molecule has 19 heavy (non-hydrogen) atoms. The molecule has 0 amide bonds. The molecule has 1 fully saturated rings. The lowest BCUT2D eigenvalue weighted by molar-refractivity contribution is -0.151. The fourth-order valence-corrected chi connectivity index (χ4v) is 2.76. The zero-order valence-corrected chi connectivity index (χ0v) is 11.7. The maximum Gasteiger partial charge on any atom is 0.326 e. The summed E-state index contributed by atoms with van der Waals surface area (Å²) in [7, 11) is 0. The number of ether oxygens (including phenoxy) is 1. The van der Waals surface area contributed by atoms with Crippen molar-refractivity contribution in [3.05, 3.63) is 35.9 Å². The van der Waals surface area contributed by atoms with Crippen molar-refractivity contribution in [1.82, 2.24) is 5.32 Å². The third-order valence-corrected chi connectivity index (χ3v) is 3.76. The minimum atomic E-state index is -0.534. The second-order valence-electron chi connectivity index (χ2n) is 5.20. The van der Waals surface area contributed by atoms with Crippen LogP contribution in [0.3, 0.4) is 0 Å². The lowest BCUT2D eigenvalue weighted by atomic mass is 9.86. The number of rotatable bonds is 4. The SMILES string of the molecule is CCOC(=O)C1(Cc2ccccc2)CCCCCN1. The molecule has 1 unspecified atom stereocenters. The van der Waals surface area contributed by atoms with E-state index >= 15 is 0 Å². The Morgan fingerprint density at radius 1 is 1.26 bits per heavy atom. The van der Waals surface area contributed by atoms with E-state index in [0.717, 1.165) is 25.8 Å². The minimum Gasteiger partial charge on any atom is -0.465 e. The molecule has 0 bridgehead atoms. The maximum atomic E-state index is 12.4. The van der Waals surface area contributed by atoms with E-state index in [2.05, 4.69) is 17.4 Å². The van der Waals surface area contributed by atoms with Gasteiger partial charge in [0.2, 0.25) is 0 Å². The molecule has 1 atom stereocenters. The molecule has 104 valence electrons. The molecule has 1 saturated heterocycles. The van der Waals surface area contributed by atoms with Crippen molar-refractivity contribution in [2.24, 2.45) is 0 Å². The number of hydrogen-bond acceptors (Lipinski definition) is 3. The molecular formula is C16H23NO2. The van der Waals surface area contributed by atoms with E-state index in [1.807, 2.05) is 25.1 Å². The predicted octanol–water partition coefficient (Wildman–Crippen LogP) is 2.69. The topological polar surface area (TPSA) is 38.3 Å². The van der Waals surface area contributed by atoms with Crippen molar-refractivity contribution in [1.29, 1.82) is 0 Å². The van der Waals surface area contributed by atoms with Crippen LogP contribution in [0.1, 0.15) is 38.2 Å². The molecule has 1 aromatic carbocycles. The van der Waals surface area contributed by atoms with Crippen molar-refractivity contribution in [2.45, 2.75) is 44.6 Å². The molecule has 0 aliphatic carbocycles. The van der Waals surface area contributed by atoms with Crippen molar-refractivity contribution < 1.29 is 9.53 Å². The largest absolute Gasteiger partial charge is 0.465 e. The number of carbonyl (C=O) groups excluding carboxylic acids is 1. The Labute approximate surface area is 115 Å². The summed E-state index contributed by atoms with van der Waals surface area (Å²) in [6.45, 7) is 3.20. The Morgan fingerprint density at radius 2 is 2.05 bits per heavy atom. The third-order valence-electron chi connectivity index (χ3n) is 3.76.